The maximum atomic E-state index is 12.9. The number of allylic oxidation sites excluding steroid dienone is 18. The van der Waals surface area contributed by atoms with Crippen LogP contribution in [0, 0.1) is 0 Å². The van der Waals surface area contributed by atoms with Crippen LogP contribution in [-0.2, 0) is 33.2 Å². The predicted molar refractivity (Wildman–Crippen MR) is 251 cm³/mol. The highest BCUT2D eigenvalue weighted by atomic mass is 16.7. The first-order valence-corrected chi connectivity index (χ1v) is 23.5. The number of aliphatic hydroxyl groups is 7. The van der Waals surface area contributed by atoms with Crippen LogP contribution in [0.4, 0.5) is 0 Å². The summed E-state index contributed by atoms with van der Waals surface area (Å²) < 4.78 is 34.0. The number of rotatable bonds is 34. The molecule has 11 unspecified atom stereocenters. The summed E-state index contributed by atoms with van der Waals surface area (Å²) in [5.41, 5.74) is 0. The molecule has 2 aliphatic heterocycles. The quantitative estimate of drug-likeness (QED) is 0.0222. The number of carbonyl (C=O) groups excluding carboxylic acids is 1. The van der Waals surface area contributed by atoms with E-state index in [1.165, 1.54) is 0 Å². The Labute approximate surface area is 387 Å². The smallest absolute Gasteiger partial charge is 0.306 e. The van der Waals surface area contributed by atoms with Crippen molar-refractivity contribution in [3.63, 3.8) is 0 Å². The van der Waals surface area contributed by atoms with Crippen molar-refractivity contribution < 1.29 is 69.0 Å². The van der Waals surface area contributed by atoms with Crippen LogP contribution in [0.25, 0.3) is 0 Å². The minimum absolute atomic E-state index is 0.00494. The van der Waals surface area contributed by atoms with E-state index in [0.717, 1.165) is 77.0 Å². The maximum Gasteiger partial charge on any atom is 0.306 e. The van der Waals surface area contributed by atoms with Crippen molar-refractivity contribution in [2.45, 2.75) is 171 Å². The summed E-state index contributed by atoms with van der Waals surface area (Å²) in [6, 6.07) is 0. The van der Waals surface area contributed by atoms with Gasteiger partial charge in [0.2, 0.25) is 0 Å². The van der Waals surface area contributed by atoms with Gasteiger partial charge in [0.1, 0.15) is 54.9 Å². The van der Waals surface area contributed by atoms with Gasteiger partial charge in [0.25, 0.3) is 0 Å². The van der Waals surface area contributed by atoms with Gasteiger partial charge in [-0.3, -0.25) is 4.79 Å². The number of carbonyl (C=O) groups is 1. The van der Waals surface area contributed by atoms with Crippen LogP contribution in [0.2, 0.25) is 0 Å². The third kappa shape index (κ3) is 26.0. The largest absolute Gasteiger partial charge is 0.457 e. The van der Waals surface area contributed by atoms with E-state index < -0.39 is 86.7 Å². The zero-order chi connectivity index (χ0) is 47.3. The van der Waals surface area contributed by atoms with E-state index in [0.29, 0.717) is 13.0 Å². The summed E-state index contributed by atoms with van der Waals surface area (Å²) in [6.07, 6.45) is 33.2. The van der Waals surface area contributed by atoms with E-state index in [-0.39, 0.29) is 19.6 Å². The molecule has 14 nitrogen and oxygen atoms in total. The van der Waals surface area contributed by atoms with Crippen LogP contribution < -0.4 is 0 Å². The van der Waals surface area contributed by atoms with Gasteiger partial charge in [0.05, 0.1) is 26.4 Å². The average molecular weight is 917 g/mol. The van der Waals surface area contributed by atoms with E-state index in [1.807, 2.05) is 12.2 Å². The Bertz CT molecular complexity index is 1480. The SMILES string of the molecule is CC/C=C\C/C=C\C/C=C\C/C=C\C/C=C\CCCCOCC(COC1OC(COC2OC(CO)C(O)C(O)C2O)C(O)C(O)C1O)OC(=O)CC/C=C\C/C=C\C/C=C\C/C=C\CC. The molecular weight excluding hydrogens is 837 g/mol. The third-order valence-electron chi connectivity index (χ3n) is 10.3. The molecule has 14 heteroatoms. The van der Waals surface area contributed by atoms with Crippen LogP contribution in [-0.4, -0.2) is 142 Å². The number of ether oxygens (including phenoxy) is 6. The van der Waals surface area contributed by atoms with Gasteiger partial charge in [0.15, 0.2) is 12.6 Å². The second-order valence-corrected chi connectivity index (χ2v) is 15.8. The lowest BCUT2D eigenvalue weighted by molar-refractivity contribution is -0.332. The molecule has 368 valence electrons. The Kier molecular flexibility index (Phi) is 33.5. The summed E-state index contributed by atoms with van der Waals surface area (Å²) in [5.74, 6) is -0.477. The molecule has 11 atom stereocenters. The number of unbranched alkanes of at least 4 members (excludes halogenated alkanes) is 2. The van der Waals surface area contributed by atoms with Gasteiger partial charge in [-0.25, -0.2) is 0 Å². The van der Waals surface area contributed by atoms with E-state index in [9.17, 15) is 40.5 Å². The van der Waals surface area contributed by atoms with E-state index in [4.69, 9.17) is 28.4 Å². The number of esters is 1. The molecule has 65 heavy (non-hydrogen) atoms. The van der Waals surface area contributed by atoms with Crippen LogP contribution in [0.1, 0.15) is 104 Å². The van der Waals surface area contributed by atoms with Gasteiger partial charge >= 0.3 is 5.97 Å². The molecule has 0 aromatic carbocycles. The van der Waals surface area contributed by atoms with Crippen molar-refractivity contribution in [2.75, 3.05) is 33.0 Å². The standard InChI is InChI=1S/C51H80O14/c1-3-5-7-9-11-13-15-17-18-19-20-21-23-25-27-29-31-33-35-60-37-40(63-43(53)34-32-30-28-26-24-22-16-14-12-10-8-6-4-2)38-61-50-49(59)47(57)45(55)42(65-50)39-62-51-48(58)46(56)44(54)41(36-52)64-51/h5-8,11-14,17-18,20-22,24-25,27-28,30,40-42,44-52,54-59H,3-4,9-10,15-16,19,23,26,29,31-39H2,1-2H3/b7-5-,8-6-,13-11-,14-12-,18-17-,21-20-,24-22-,27-25-,30-28-. The Morgan fingerprint density at radius 3 is 1.43 bits per heavy atom. The van der Waals surface area contributed by atoms with Crippen molar-refractivity contribution in [1.82, 2.24) is 0 Å². The normalized spacial score (nSPS) is 27.5. The van der Waals surface area contributed by atoms with E-state index in [2.05, 4.69) is 111 Å². The molecule has 2 fully saturated rings. The molecule has 0 saturated carbocycles. The lowest BCUT2D eigenvalue weighted by Crippen LogP contribution is -2.61. The monoisotopic (exact) mass is 917 g/mol. The zero-order valence-corrected chi connectivity index (χ0v) is 38.7. The molecule has 2 saturated heterocycles. The molecule has 0 spiro atoms. The predicted octanol–water partition coefficient (Wildman–Crippen LogP) is 6.06. The Morgan fingerprint density at radius 2 is 0.938 bits per heavy atom. The molecule has 0 radical (unpaired) electrons. The lowest BCUT2D eigenvalue weighted by Gasteiger charge is -2.42. The molecule has 0 aliphatic carbocycles. The summed E-state index contributed by atoms with van der Waals surface area (Å²) >= 11 is 0. The molecule has 0 aromatic heterocycles. The lowest BCUT2D eigenvalue weighted by atomic mass is 9.98. The van der Waals surface area contributed by atoms with Gasteiger partial charge in [-0.05, 0) is 83.5 Å². The van der Waals surface area contributed by atoms with Gasteiger partial charge in [0, 0.05) is 13.0 Å². The van der Waals surface area contributed by atoms with E-state index in [1.54, 1.807) is 0 Å². The minimum Gasteiger partial charge on any atom is -0.457 e. The topological polar surface area (TPSA) is 214 Å². The molecule has 2 heterocycles. The van der Waals surface area contributed by atoms with Crippen LogP contribution >= 0.6 is 0 Å². The first-order chi connectivity index (χ1) is 31.6. The molecule has 0 aromatic rings. The highest BCUT2D eigenvalue weighted by Gasteiger charge is 2.47. The molecule has 2 rings (SSSR count). The highest BCUT2D eigenvalue weighted by Crippen LogP contribution is 2.26. The molecular formula is C51H80O14. The van der Waals surface area contributed by atoms with Gasteiger partial charge in [-0.2, -0.15) is 0 Å². The Hall–Kier alpha value is -3.35. The summed E-state index contributed by atoms with van der Waals surface area (Å²) in [7, 11) is 0. The van der Waals surface area contributed by atoms with Crippen LogP contribution in [0.15, 0.2) is 109 Å². The van der Waals surface area contributed by atoms with Crippen molar-refractivity contribution in [1.29, 1.82) is 0 Å². The fraction of sp³-hybridized carbons (Fsp3) is 0.627. The van der Waals surface area contributed by atoms with Crippen molar-refractivity contribution >= 4 is 5.97 Å². The summed E-state index contributed by atoms with van der Waals surface area (Å²) in [5, 5.41) is 72.0. The van der Waals surface area contributed by atoms with Crippen molar-refractivity contribution in [3.05, 3.63) is 109 Å². The molecule has 0 bridgehead atoms. The maximum absolute atomic E-state index is 12.9. The average Bonchev–Trinajstić information content (AvgIpc) is 3.30. The molecule has 2 aliphatic rings. The second-order valence-electron chi connectivity index (χ2n) is 15.8. The Balaban J connectivity index is 1.85. The first kappa shape index (κ1) is 57.8. The van der Waals surface area contributed by atoms with Gasteiger partial charge < -0.3 is 64.2 Å². The summed E-state index contributed by atoms with van der Waals surface area (Å²) in [4.78, 5) is 12.9. The fourth-order valence-corrected chi connectivity index (χ4v) is 6.50. The van der Waals surface area contributed by atoms with Crippen molar-refractivity contribution in [2.24, 2.45) is 0 Å². The number of aliphatic hydroxyl groups excluding tert-OH is 7. The second kappa shape index (κ2) is 37.7. The summed E-state index contributed by atoms with van der Waals surface area (Å²) in [6.45, 7) is 3.19. The van der Waals surface area contributed by atoms with Crippen molar-refractivity contribution in [3.8, 4) is 0 Å². The van der Waals surface area contributed by atoms with Crippen LogP contribution in [0.5, 0.6) is 0 Å². The van der Waals surface area contributed by atoms with Crippen LogP contribution in [0.3, 0.4) is 0 Å². The fourth-order valence-electron chi connectivity index (χ4n) is 6.50. The highest BCUT2D eigenvalue weighted by molar-refractivity contribution is 5.69. The van der Waals surface area contributed by atoms with Gasteiger partial charge in [-0.1, -0.05) is 123 Å². The number of hydrogen-bond acceptors (Lipinski definition) is 14. The molecule has 7 N–H and O–H groups in total. The Morgan fingerprint density at radius 1 is 0.508 bits per heavy atom. The number of hydrogen-bond donors (Lipinski definition) is 7. The first-order valence-electron chi connectivity index (χ1n) is 23.5. The minimum atomic E-state index is -1.73. The van der Waals surface area contributed by atoms with Gasteiger partial charge in [-0.15, -0.1) is 0 Å². The molecule has 0 amide bonds. The van der Waals surface area contributed by atoms with E-state index >= 15 is 0 Å². The third-order valence-corrected chi connectivity index (χ3v) is 10.3. The zero-order valence-electron chi connectivity index (χ0n) is 38.7.